The van der Waals surface area contributed by atoms with E-state index >= 15 is 0 Å². The van der Waals surface area contributed by atoms with Crippen LogP contribution >= 0.6 is 23.2 Å². The molecular formula is C14H12Cl2N4. The largest absolute Gasteiger partial charge is 0.307 e. The number of imidazole rings is 1. The second-order valence-electron chi connectivity index (χ2n) is 4.55. The summed E-state index contributed by atoms with van der Waals surface area (Å²) in [6, 6.07) is 3.78. The topological polar surface area (TPSA) is 43.6 Å². The van der Waals surface area contributed by atoms with Crippen molar-refractivity contribution in [2.75, 3.05) is 0 Å². The summed E-state index contributed by atoms with van der Waals surface area (Å²) in [7, 11) is 0. The van der Waals surface area contributed by atoms with Crippen molar-refractivity contribution in [1.82, 2.24) is 19.5 Å². The van der Waals surface area contributed by atoms with Gasteiger partial charge in [0.2, 0.25) is 0 Å². The van der Waals surface area contributed by atoms with Gasteiger partial charge in [-0.15, -0.1) is 11.6 Å². The zero-order valence-electron chi connectivity index (χ0n) is 10.8. The first-order valence-corrected chi connectivity index (χ1v) is 7.06. The number of aromatic nitrogens is 4. The first-order valence-electron chi connectivity index (χ1n) is 6.15. The van der Waals surface area contributed by atoms with Gasteiger partial charge in [-0.05, 0) is 30.2 Å². The van der Waals surface area contributed by atoms with Gasteiger partial charge < -0.3 is 4.57 Å². The average Bonchev–Trinajstić information content (AvgIpc) is 2.78. The molecule has 3 aromatic rings. The van der Waals surface area contributed by atoms with Gasteiger partial charge in [0.05, 0.1) is 17.4 Å². The minimum Gasteiger partial charge on any atom is -0.307 e. The standard InChI is InChI=1S/C14H12Cl2N4/c1-9-2-3-17-6-10(9)8-20-13(5-15)19-12-4-11(16)7-18-14(12)20/h2-4,6-7H,5,8H2,1H3. The Hall–Kier alpha value is -1.65. The predicted molar refractivity (Wildman–Crippen MR) is 80.2 cm³/mol. The van der Waals surface area contributed by atoms with Crippen LogP contribution in [-0.4, -0.2) is 19.5 Å². The van der Waals surface area contributed by atoms with E-state index in [2.05, 4.69) is 21.9 Å². The van der Waals surface area contributed by atoms with Crippen LogP contribution in [0.5, 0.6) is 0 Å². The molecule has 0 spiro atoms. The Morgan fingerprint density at radius 1 is 1.30 bits per heavy atom. The fourth-order valence-electron chi connectivity index (χ4n) is 2.13. The number of fused-ring (bicyclic) bond motifs is 1. The molecule has 102 valence electrons. The zero-order chi connectivity index (χ0) is 14.1. The Labute approximate surface area is 126 Å². The Morgan fingerprint density at radius 2 is 2.15 bits per heavy atom. The minimum absolute atomic E-state index is 0.327. The molecule has 0 saturated heterocycles. The molecule has 0 saturated carbocycles. The van der Waals surface area contributed by atoms with Crippen molar-refractivity contribution in [3.63, 3.8) is 0 Å². The molecule has 3 heterocycles. The maximum atomic E-state index is 5.99. The third kappa shape index (κ3) is 2.37. The molecule has 0 unspecified atom stereocenters. The number of hydrogen-bond donors (Lipinski definition) is 0. The van der Waals surface area contributed by atoms with E-state index in [0.717, 1.165) is 22.6 Å². The molecular weight excluding hydrogens is 295 g/mol. The van der Waals surface area contributed by atoms with Gasteiger partial charge >= 0.3 is 0 Å². The lowest BCUT2D eigenvalue weighted by molar-refractivity contribution is 0.763. The molecule has 0 radical (unpaired) electrons. The normalized spacial score (nSPS) is 11.2. The highest BCUT2D eigenvalue weighted by atomic mass is 35.5. The lowest BCUT2D eigenvalue weighted by atomic mass is 10.1. The van der Waals surface area contributed by atoms with Gasteiger partial charge in [0, 0.05) is 18.6 Å². The summed E-state index contributed by atoms with van der Waals surface area (Å²) in [6.45, 7) is 2.70. The van der Waals surface area contributed by atoms with Crippen molar-refractivity contribution in [3.8, 4) is 0 Å². The Bertz CT molecular complexity index is 767. The smallest absolute Gasteiger partial charge is 0.160 e. The molecule has 0 N–H and O–H groups in total. The van der Waals surface area contributed by atoms with Crippen LogP contribution < -0.4 is 0 Å². The monoisotopic (exact) mass is 306 g/mol. The van der Waals surface area contributed by atoms with Gasteiger partial charge in [0.15, 0.2) is 5.65 Å². The van der Waals surface area contributed by atoms with Crippen LogP contribution in [0.3, 0.4) is 0 Å². The quantitative estimate of drug-likeness (QED) is 0.695. The number of halogens is 2. The maximum absolute atomic E-state index is 5.99. The summed E-state index contributed by atoms with van der Waals surface area (Å²) in [5, 5.41) is 0.570. The van der Waals surface area contributed by atoms with Crippen LogP contribution in [0.2, 0.25) is 5.02 Å². The van der Waals surface area contributed by atoms with E-state index in [4.69, 9.17) is 23.2 Å². The van der Waals surface area contributed by atoms with Crippen molar-refractivity contribution < 1.29 is 0 Å². The molecule has 0 amide bonds. The fraction of sp³-hybridized carbons (Fsp3) is 0.214. The highest BCUT2D eigenvalue weighted by Crippen LogP contribution is 2.21. The lowest BCUT2D eigenvalue weighted by Gasteiger charge is -2.09. The molecule has 20 heavy (non-hydrogen) atoms. The van der Waals surface area contributed by atoms with E-state index in [1.54, 1.807) is 18.5 Å². The van der Waals surface area contributed by atoms with Crippen LogP contribution in [0.15, 0.2) is 30.7 Å². The second kappa shape index (κ2) is 5.38. The Kier molecular flexibility index (Phi) is 3.59. The highest BCUT2D eigenvalue weighted by Gasteiger charge is 2.12. The molecule has 0 fully saturated rings. The molecule has 0 bridgehead atoms. The second-order valence-corrected chi connectivity index (χ2v) is 5.25. The third-order valence-electron chi connectivity index (χ3n) is 3.23. The molecule has 6 heteroatoms. The highest BCUT2D eigenvalue weighted by molar-refractivity contribution is 6.31. The van der Waals surface area contributed by atoms with E-state index in [0.29, 0.717) is 17.4 Å². The van der Waals surface area contributed by atoms with Crippen LogP contribution in [0.4, 0.5) is 0 Å². The SMILES string of the molecule is Cc1ccncc1Cn1c(CCl)nc2cc(Cl)cnc21. The van der Waals surface area contributed by atoms with E-state index in [1.165, 1.54) is 5.56 Å². The molecule has 4 nitrogen and oxygen atoms in total. The number of nitrogens with zero attached hydrogens (tertiary/aromatic N) is 4. The molecule has 0 aliphatic heterocycles. The lowest BCUT2D eigenvalue weighted by Crippen LogP contribution is -2.06. The van der Waals surface area contributed by atoms with Crippen LogP contribution in [-0.2, 0) is 12.4 Å². The first kappa shape index (κ1) is 13.3. The molecule has 3 rings (SSSR count). The summed E-state index contributed by atoms with van der Waals surface area (Å²) < 4.78 is 2.00. The summed E-state index contributed by atoms with van der Waals surface area (Å²) in [5.41, 5.74) is 3.84. The van der Waals surface area contributed by atoms with Gasteiger partial charge in [-0.2, -0.15) is 0 Å². The summed E-state index contributed by atoms with van der Waals surface area (Å²) in [5.74, 6) is 1.10. The van der Waals surface area contributed by atoms with Crippen molar-refractivity contribution in [2.45, 2.75) is 19.3 Å². The molecule has 0 aromatic carbocycles. The number of rotatable bonds is 3. The van der Waals surface area contributed by atoms with Gasteiger partial charge in [0.1, 0.15) is 11.3 Å². The van der Waals surface area contributed by atoms with Gasteiger partial charge in [-0.25, -0.2) is 9.97 Å². The number of alkyl halides is 1. The average molecular weight is 307 g/mol. The Balaban J connectivity index is 2.12. The summed E-state index contributed by atoms with van der Waals surface area (Å²) in [6.07, 6.45) is 5.26. The van der Waals surface area contributed by atoms with E-state index < -0.39 is 0 Å². The molecule has 0 aliphatic rings. The van der Waals surface area contributed by atoms with E-state index in [-0.39, 0.29) is 0 Å². The van der Waals surface area contributed by atoms with E-state index in [1.807, 2.05) is 16.8 Å². The summed E-state index contributed by atoms with van der Waals surface area (Å²) >= 11 is 11.9. The fourth-order valence-corrected chi connectivity index (χ4v) is 2.49. The molecule has 3 aromatic heterocycles. The van der Waals surface area contributed by atoms with Crippen LogP contribution in [0.1, 0.15) is 17.0 Å². The summed E-state index contributed by atoms with van der Waals surface area (Å²) in [4.78, 5) is 13.0. The number of aryl methyl sites for hydroxylation is 1. The minimum atomic E-state index is 0.327. The third-order valence-corrected chi connectivity index (χ3v) is 3.67. The Morgan fingerprint density at radius 3 is 2.90 bits per heavy atom. The van der Waals surface area contributed by atoms with Gasteiger partial charge in [0.25, 0.3) is 0 Å². The number of pyridine rings is 2. The predicted octanol–water partition coefficient (Wildman–Crippen LogP) is 3.58. The van der Waals surface area contributed by atoms with E-state index in [9.17, 15) is 0 Å². The van der Waals surface area contributed by atoms with Crippen LogP contribution in [0.25, 0.3) is 11.2 Å². The van der Waals surface area contributed by atoms with Crippen LogP contribution in [0, 0.1) is 6.92 Å². The van der Waals surface area contributed by atoms with Crippen molar-refractivity contribution in [3.05, 3.63) is 52.7 Å². The zero-order valence-corrected chi connectivity index (χ0v) is 12.4. The van der Waals surface area contributed by atoms with Crippen molar-refractivity contribution in [2.24, 2.45) is 0 Å². The maximum Gasteiger partial charge on any atom is 0.160 e. The molecule has 0 atom stereocenters. The first-order chi connectivity index (χ1) is 9.69. The van der Waals surface area contributed by atoms with Crippen molar-refractivity contribution >= 4 is 34.4 Å². The number of hydrogen-bond acceptors (Lipinski definition) is 3. The van der Waals surface area contributed by atoms with Gasteiger partial charge in [-0.3, -0.25) is 4.98 Å². The van der Waals surface area contributed by atoms with Crippen molar-refractivity contribution in [1.29, 1.82) is 0 Å². The molecule has 0 aliphatic carbocycles. The van der Waals surface area contributed by atoms with Gasteiger partial charge in [-0.1, -0.05) is 11.6 Å².